The van der Waals surface area contributed by atoms with Crippen LogP contribution >= 0.6 is 0 Å². The molecule has 0 unspecified atom stereocenters. The number of anilines is 1. The lowest BCUT2D eigenvalue weighted by Gasteiger charge is -2.44. The fourth-order valence-electron chi connectivity index (χ4n) is 5.95. The van der Waals surface area contributed by atoms with Crippen LogP contribution in [0.15, 0.2) is 29.3 Å². The molecule has 0 aromatic carbocycles. The van der Waals surface area contributed by atoms with Gasteiger partial charge >= 0.3 is 11.8 Å². The van der Waals surface area contributed by atoms with Gasteiger partial charge in [0.05, 0.1) is 33.7 Å². The fourth-order valence-corrected chi connectivity index (χ4v) is 5.95. The van der Waals surface area contributed by atoms with E-state index in [1.807, 2.05) is 86.5 Å². The molecule has 1 aliphatic rings. The highest BCUT2D eigenvalue weighted by Crippen LogP contribution is 2.35. The molecule has 0 saturated carbocycles. The van der Waals surface area contributed by atoms with Crippen molar-refractivity contribution >= 4 is 22.9 Å². The van der Waals surface area contributed by atoms with Crippen LogP contribution in [-0.2, 0) is 11.8 Å². The SMILES string of the molecule is Cc1ccnc(C(C)C)c1-n1c(=O)nc(N2C[C@@H](C)N(C(=O)OC(C)(C)C)C[C@@H]2C)c2cc(C#N)c(-c3cn(C)nc3C)nc21. The first-order valence-electron chi connectivity index (χ1n) is 15.2. The van der Waals surface area contributed by atoms with Crippen molar-refractivity contribution in [3.63, 3.8) is 0 Å². The third-order valence-electron chi connectivity index (χ3n) is 8.05. The van der Waals surface area contributed by atoms with E-state index in [9.17, 15) is 14.9 Å². The van der Waals surface area contributed by atoms with Gasteiger partial charge in [-0.15, -0.1) is 0 Å². The number of carbonyl (C=O) groups is 1. The summed E-state index contributed by atoms with van der Waals surface area (Å²) in [6, 6.07) is 5.50. The van der Waals surface area contributed by atoms with E-state index in [0.29, 0.717) is 58.1 Å². The Morgan fingerprint density at radius 1 is 1.13 bits per heavy atom. The number of piperazine rings is 1. The van der Waals surface area contributed by atoms with Gasteiger partial charge < -0.3 is 14.5 Å². The molecule has 0 N–H and O–H groups in total. The maximum absolute atomic E-state index is 14.2. The molecule has 1 saturated heterocycles. The highest BCUT2D eigenvalue weighted by molar-refractivity contribution is 5.92. The van der Waals surface area contributed by atoms with Gasteiger partial charge in [-0.2, -0.15) is 15.3 Å². The fraction of sp³-hybridized carbons (Fsp3) is 0.485. The number of nitrogens with zero attached hydrogens (tertiary/aromatic N) is 9. The first kappa shape index (κ1) is 31.6. The Morgan fingerprint density at radius 3 is 2.44 bits per heavy atom. The Kier molecular flexibility index (Phi) is 8.16. The van der Waals surface area contributed by atoms with Crippen molar-refractivity contribution in [3.05, 3.63) is 57.5 Å². The van der Waals surface area contributed by atoms with Crippen LogP contribution in [0.25, 0.3) is 28.0 Å². The summed E-state index contributed by atoms with van der Waals surface area (Å²) in [6.45, 7) is 18.1. The third-order valence-corrected chi connectivity index (χ3v) is 8.05. The van der Waals surface area contributed by atoms with Crippen LogP contribution in [0.1, 0.15) is 76.9 Å². The van der Waals surface area contributed by atoms with Crippen molar-refractivity contribution in [1.82, 2.24) is 34.2 Å². The number of ether oxygens (including phenoxy) is 1. The highest BCUT2D eigenvalue weighted by Gasteiger charge is 2.36. The molecule has 2 atom stereocenters. The molecule has 4 aromatic heterocycles. The zero-order valence-corrected chi connectivity index (χ0v) is 27.7. The second-order valence-corrected chi connectivity index (χ2v) is 13.2. The van der Waals surface area contributed by atoms with E-state index in [1.165, 1.54) is 4.57 Å². The second-order valence-electron chi connectivity index (χ2n) is 13.2. The molecule has 4 aromatic rings. The van der Waals surface area contributed by atoms with Crippen molar-refractivity contribution in [1.29, 1.82) is 5.26 Å². The molecule has 1 aliphatic heterocycles. The van der Waals surface area contributed by atoms with Gasteiger partial charge in [-0.05, 0) is 72.1 Å². The number of pyridine rings is 2. The average Bonchev–Trinajstić information content (AvgIpc) is 3.29. The van der Waals surface area contributed by atoms with E-state index in [4.69, 9.17) is 9.72 Å². The summed E-state index contributed by atoms with van der Waals surface area (Å²) in [4.78, 5) is 45.3. The van der Waals surface area contributed by atoms with E-state index in [0.717, 1.165) is 11.3 Å². The van der Waals surface area contributed by atoms with Crippen molar-refractivity contribution in [2.75, 3.05) is 18.0 Å². The number of hydrogen-bond acceptors (Lipinski definition) is 9. The summed E-state index contributed by atoms with van der Waals surface area (Å²) in [6.07, 6.45) is 3.18. The van der Waals surface area contributed by atoms with Crippen molar-refractivity contribution in [2.45, 2.75) is 85.9 Å². The number of amides is 1. The normalized spacial score (nSPS) is 17.2. The Labute approximate surface area is 263 Å². The van der Waals surface area contributed by atoms with Gasteiger partial charge in [-0.25, -0.2) is 19.1 Å². The molecule has 0 radical (unpaired) electrons. The molecule has 1 amide bonds. The second kappa shape index (κ2) is 11.6. The summed E-state index contributed by atoms with van der Waals surface area (Å²) < 4.78 is 8.87. The van der Waals surface area contributed by atoms with Gasteiger partial charge in [0.1, 0.15) is 17.5 Å². The smallest absolute Gasteiger partial charge is 0.410 e. The lowest BCUT2D eigenvalue weighted by atomic mass is 10.0. The van der Waals surface area contributed by atoms with Crippen LogP contribution in [0.4, 0.5) is 10.6 Å². The van der Waals surface area contributed by atoms with Crippen LogP contribution < -0.4 is 10.6 Å². The topological polar surface area (TPSA) is 135 Å². The molecule has 45 heavy (non-hydrogen) atoms. The standard InChI is InChI=1S/C33H41N9O3/c1-18(2)26-28(19(3)11-12-35-26)42-30-24(13-23(14-34)27(36-30)25-17-39(10)38-22(25)6)29(37-31(42)43)40-15-21(5)41(16-20(40)4)32(44)45-33(7,8)9/h11-13,17-18,20-21H,15-16H2,1-10H3/t20-,21+/m0/s1. The van der Waals surface area contributed by atoms with Gasteiger partial charge in [0.25, 0.3) is 0 Å². The van der Waals surface area contributed by atoms with Crippen LogP contribution in [0.2, 0.25) is 0 Å². The molecule has 12 heteroatoms. The number of fused-ring (bicyclic) bond motifs is 1. The molecular formula is C33H41N9O3. The summed E-state index contributed by atoms with van der Waals surface area (Å²) >= 11 is 0. The summed E-state index contributed by atoms with van der Waals surface area (Å²) in [5.74, 6) is 0.433. The number of hydrogen-bond donors (Lipinski definition) is 0. The Hall–Kier alpha value is -4.79. The predicted octanol–water partition coefficient (Wildman–Crippen LogP) is 5.02. The minimum atomic E-state index is -0.623. The number of rotatable bonds is 4. The zero-order valence-electron chi connectivity index (χ0n) is 27.7. The molecule has 0 aliphatic carbocycles. The number of nitriles is 1. The van der Waals surface area contributed by atoms with Crippen LogP contribution in [0.5, 0.6) is 0 Å². The average molecular weight is 612 g/mol. The van der Waals surface area contributed by atoms with Crippen LogP contribution in [0.3, 0.4) is 0 Å². The maximum Gasteiger partial charge on any atom is 0.410 e. The first-order valence-corrected chi connectivity index (χ1v) is 15.2. The van der Waals surface area contributed by atoms with E-state index in [-0.39, 0.29) is 24.1 Å². The van der Waals surface area contributed by atoms with Gasteiger partial charge in [-0.3, -0.25) is 9.67 Å². The maximum atomic E-state index is 14.2. The monoisotopic (exact) mass is 611 g/mol. The van der Waals surface area contributed by atoms with Gasteiger partial charge in [-0.1, -0.05) is 13.8 Å². The number of carbonyl (C=O) groups excluding carboxylic acids is 1. The highest BCUT2D eigenvalue weighted by atomic mass is 16.6. The third kappa shape index (κ3) is 5.87. The molecule has 5 rings (SSSR count). The van der Waals surface area contributed by atoms with E-state index in [1.54, 1.807) is 21.8 Å². The lowest BCUT2D eigenvalue weighted by Crippen LogP contribution is -2.59. The van der Waals surface area contributed by atoms with E-state index >= 15 is 0 Å². The zero-order chi connectivity index (χ0) is 33.0. The quantitative estimate of drug-likeness (QED) is 0.312. The molecule has 12 nitrogen and oxygen atoms in total. The van der Waals surface area contributed by atoms with Gasteiger partial charge in [0, 0.05) is 50.2 Å². The van der Waals surface area contributed by atoms with Crippen LogP contribution in [0, 0.1) is 25.2 Å². The minimum Gasteiger partial charge on any atom is -0.444 e. The van der Waals surface area contributed by atoms with Crippen molar-refractivity contribution in [3.8, 4) is 23.0 Å². The van der Waals surface area contributed by atoms with Crippen molar-refractivity contribution in [2.24, 2.45) is 7.05 Å². The first-order chi connectivity index (χ1) is 21.1. The molecule has 0 spiro atoms. The molecule has 5 heterocycles. The molecule has 1 fully saturated rings. The van der Waals surface area contributed by atoms with Crippen molar-refractivity contribution < 1.29 is 9.53 Å². The molecule has 0 bridgehead atoms. The largest absolute Gasteiger partial charge is 0.444 e. The minimum absolute atomic E-state index is 0.0155. The summed E-state index contributed by atoms with van der Waals surface area (Å²) in [5, 5.41) is 15.4. The van der Waals surface area contributed by atoms with Crippen LogP contribution in [-0.4, -0.2) is 71.1 Å². The Balaban J connectivity index is 1.77. The predicted molar refractivity (Wildman–Crippen MR) is 173 cm³/mol. The number of aryl methyl sites for hydroxylation is 3. The number of aromatic nitrogens is 6. The van der Waals surface area contributed by atoms with Gasteiger partial charge in [0.2, 0.25) is 0 Å². The Morgan fingerprint density at radius 2 is 1.84 bits per heavy atom. The Bertz CT molecular complexity index is 1890. The summed E-state index contributed by atoms with van der Waals surface area (Å²) in [7, 11) is 1.81. The van der Waals surface area contributed by atoms with E-state index < -0.39 is 11.3 Å². The summed E-state index contributed by atoms with van der Waals surface area (Å²) in [5.41, 5.74) is 3.66. The molecule has 236 valence electrons. The lowest BCUT2D eigenvalue weighted by molar-refractivity contribution is 0.0130. The molecular weight excluding hydrogens is 570 g/mol. The van der Waals surface area contributed by atoms with E-state index in [2.05, 4.69) is 21.1 Å². The van der Waals surface area contributed by atoms with Gasteiger partial charge in [0.15, 0.2) is 5.65 Å².